The van der Waals surface area contributed by atoms with Crippen LogP contribution < -0.4 is 17.0 Å². The highest BCUT2D eigenvalue weighted by atomic mass is 16.4. The monoisotopic (exact) mass is 371 g/mol. The second kappa shape index (κ2) is 9.46. The first-order valence-electron chi connectivity index (χ1n) is 8.34. The summed E-state index contributed by atoms with van der Waals surface area (Å²) in [6, 6.07) is 13.7. The van der Waals surface area contributed by atoms with Crippen molar-refractivity contribution in [3.63, 3.8) is 0 Å². The van der Waals surface area contributed by atoms with Crippen LogP contribution in [0.25, 0.3) is 10.8 Å². The molecule has 142 valence electrons. The number of fused-ring (bicyclic) bond motifs is 1. The van der Waals surface area contributed by atoms with E-state index in [0.29, 0.717) is 13.0 Å². The van der Waals surface area contributed by atoms with Crippen molar-refractivity contribution in [3.05, 3.63) is 80.1 Å². The molecule has 0 bridgehead atoms. The van der Waals surface area contributed by atoms with Gasteiger partial charge in [0.05, 0.1) is 6.61 Å². The molecule has 0 fully saturated rings. The highest BCUT2D eigenvalue weighted by molar-refractivity contribution is 5.87. The van der Waals surface area contributed by atoms with Gasteiger partial charge in [-0.25, -0.2) is 9.59 Å². The molecule has 3 rings (SSSR count). The molecule has 0 atom stereocenters. The van der Waals surface area contributed by atoms with Crippen molar-refractivity contribution < 1.29 is 15.0 Å². The summed E-state index contributed by atoms with van der Waals surface area (Å²) < 4.78 is 0. The molecule has 3 aromatic rings. The van der Waals surface area contributed by atoms with Crippen LogP contribution in [0.2, 0.25) is 0 Å². The van der Waals surface area contributed by atoms with E-state index in [0.717, 1.165) is 16.3 Å². The van der Waals surface area contributed by atoms with Gasteiger partial charge < -0.3 is 20.9 Å². The van der Waals surface area contributed by atoms with E-state index in [9.17, 15) is 14.4 Å². The zero-order valence-electron chi connectivity index (χ0n) is 14.6. The summed E-state index contributed by atoms with van der Waals surface area (Å²) in [6.07, 6.45) is 0.721. The fourth-order valence-corrected chi connectivity index (χ4v) is 2.70. The molecule has 0 aliphatic rings. The Kier molecular flexibility index (Phi) is 7.04. The van der Waals surface area contributed by atoms with E-state index < -0.39 is 17.2 Å². The lowest BCUT2D eigenvalue weighted by Gasteiger charge is -2.07. The summed E-state index contributed by atoms with van der Waals surface area (Å²) in [5.74, 6) is -1.32. The Labute approximate surface area is 154 Å². The lowest BCUT2D eigenvalue weighted by atomic mass is 9.98. The van der Waals surface area contributed by atoms with Crippen LogP contribution in [0.1, 0.15) is 21.6 Å². The second-order valence-corrected chi connectivity index (χ2v) is 5.72. The van der Waals surface area contributed by atoms with Gasteiger partial charge in [0.15, 0.2) is 0 Å². The van der Waals surface area contributed by atoms with Crippen molar-refractivity contribution in [2.45, 2.75) is 12.8 Å². The number of nitrogens with two attached hydrogens (primary N) is 1. The number of benzene rings is 2. The number of aliphatic hydroxyl groups is 1. The smallest absolute Gasteiger partial charge is 0.352 e. The highest BCUT2D eigenvalue weighted by Crippen LogP contribution is 2.20. The minimum atomic E-state index is -1.32. The standard InChI is InChI=1S/C17H14N2O4.C2H7NO/c20-15-13(14(16(21)22)18-17(23)19-15)9-8-11-6-3-5-10-4-1-2-7-12(10)11;3-1-2-4/h1-7H,8-9H2,(H,21,22)(H2,18,19,20,23);4H,1-3H2. The van der Waals surface area contributed by atoms with Gasteiger partial charge in [-0.3, -0.25) is 9.78 Å². The van der Waals surface area contributed by atoms with Crippen LogP contribution in [0, 0.1) is 0 Å². The Morgan fingerprint density at radius 2 is 1.67 bits per heavy atom. The molecule has 2 aromatic carbocycles. The Bertz CT molecular complexity index is 1030. The van der Waals surface area contributed by atoms with Crippen LogP contribution in [0.4, 0.5) is 0 Å². The number of carboxylic acids is 1. The van der Waals surface area contributed by atoms with Gasteiger partial charge in [-0.1, -0.05) is 42.5 Å². The molecular weight excluding hydrogens is 350 g/mol. The number of hydrogen-bond donors (Lipinski definition) is 5. The summed E-state index contributed by atoms with van der Waals surface area (Å²) in [5.41, 5.74) is 4.04. The summed E-state index contributed by atoms with van der Waals surface area (Å²) in [4.78, 5) is 38.6. The minimum Gasteiger partial charge on any atom is -0.477 e. The molecule has 0 radical (unpaired) electrons. The molecule has 8 nitrogen and oxygen atoms in total. The van der Waals surface area contributed by atoms with Crippen LogP contribution in [0.5, 0.6) is 0 Å². The van der Waals surface area contributed by atoms with Crippen LogP contribution >= 0.6 is 0 Å². The molecule has 0 spiro atoms. The molecule has 8 heteroatoms. The van der Waals surface area contributed by atoms with Crippen molar-refractivity contribution in [2.75, 3.05) is 13.2 Å². The lowest BCUT2D eigenvalue weighted by Crippen LogP contribution is -2.30. The number of rotatable bonds is 5. The van der Waals surface area contributed by atoms with Crippen LogP contribution in [-0.4, -0.2) is 39.3 Å². The summed E-state index contributed by atoms with van der Waals surface area (Å²) >= 11 is 0. The molecule has 0 aliphatic heterocycles. The Hall–Kier alpha value is -3.23. The maximum Gasteiger partial charge on any atom is 0.352 e. The summed E-state index contributed by atoms with van der Waals surface area (Å²) in [6.45, 7) is 0.472. The molecule has 0 saturated carbocycles. The normalized spacial score (nSPS) is 10.3. The molecule has 6 N–H and O–H groups in total. The topological polar surface area (TPSA) is 149 Å². The van der Waals surface area contributed by atoms with Crippen molar-refractivity contribution in [3.8, 4) is 0 Å². The number of hydrogen-bond acceptors (Lipinski definition) is 5. The first kappa shape index (κ1) is 20.1. The Morgan fingerprint density at radius 1 is 1.00 bits per heavy atom. The fraction of sp³-hybridized carbons (Fsp3) is 0.211. The van der Waals surface area contributed by atoms with Crippen molar-refractivity contribution in [2.24, 2.45) is 5.73 Å². The van der Waals surface area contributed by atoms with E-state index in [1.165, 1.54) is 0 Å². The predicted octanol–water partition coefficient (Wildman–Crippen LogP) is 0.637. The number of carboxylic acid groups (broad SMARTS) is 1. The molecule has 0 unspecified atom stereocenters. The van der Waals surface area contributed by atoms with Crippen LogP contribution in [0.15, 0.2) is 52.1 Å². The zero-order valence-corrected chi connectivity index (χ0v) is 14.6. The number of H-pyrrole nitrogens is 2. The molecule has 0 saturated heterocycles. The zero-order chi connectivity index (χ0) is 19.8. The SMILES string of the molecule is NCCO.O=C(O)c1[nH]c(=O)[nH]c(=O)c1CCc1cccc2ccccc12. The van der Waals surface area contributed by atoms with Crippen molar-refractivity contribution >= 4 is 16.7 Å². The third-order valence-corrected chi connectivity index (χ3v) is 3.91. The Balaban J connectivity index is 0.000000596. The molecule has 27 heavy (non-hydrogen) atoms. The predicted molar refractivity (Wildman–Crippen MR) is 102 cm³/mol. The van der Waals surface area contributed by atoms with Gasteiger partial charge in [0, 0.05) is 12.1 Å². The highest BCUT2D eigenvalue weighted by Gasteiger charge is 2.15. The van der Waals surface area contributed by atoms with Crippen molar-refractivity contribution in [1.29, 1.82) is 0 Å². The average molecular weight is 371 g/mol. The Morgan fingerprint density at radius 3 is 2.33 bits per heavy atom. The number of carbonyl (C=O) groups is 1. The number of nitrogens with one attached hydrogen (secondary N) is 2. The van der Waals surface area contributed by atoms with Gasteiger partial charge in [-0.05, 0) is 29.2 Å². The first-order valence-corrected chi connectivity index (χ1v) is 8.34. The van der Waals surface area contributed by atoms with Crippen molar-refractivity contribution in [1.82, 2.24) is 9.97 Å². The van der Waals surface area contributed by atoms with E-state index in [1.54, 1.807) is 0 Å². The van der Waals surface area contributed by atoms with E-state index in [2.05, 4.69) is 9.97 Å². The molecular formula is C19H21N3O5. The first-order chi connectivity index (χ1) is 13.0. The molecule has 0 aliphatic carbocycles. The minimum absolute atomic E-state index is 0.0741. The lowest BCUT2D eigenvalue weighted by molar-refractivity contribution is 0.0688. The summed E-state index contributed by atoms with van der Waals surface area (Å²) in [5, 5.41) is 19.1. The second-order valence-electron chi connectivity index (χ2n) is 5.72. The van der Waals surface area contributed by atoms with E-state index in [-0.39, 0.29) is 24.3 Å². The van der Waals surface area contributed by atoms with Gasteiger partial charge in [0.2, 0.25) is 0 Å². The number of aromatic nitrogens is 2. The van der Waals surface area contributed by atoms with Crippen LogP contribution in [-0.2, 0) is 12.8 Å². The number of aryl methyl sites for hydroxylation is 1. The van der Waals surface area contributed by atoms with E-state index in [4.69, 9.17) is 15.9 Å². The van der Waals surface area contributed by atoms with Gasteiger partial charge in [-0.2, -0.15) is 0 Å². The number of aromatic carboxylic acids is 1. The molecule has 1 aromatic heterocycles. The van der Waals surface area contributed by atoms with Gasteiger partial charge in [-0.15, -0.1) is 0 Å². The van der Waals surface area contributed by atoms with Crippen LogP contribution in [0.3, 0.4) is 0 Å². The van der Waals surface area contributed by atoms with Gasteiger partial charge in [0.1, 0.15) is 5.69 Å². The quantitative estimate of drug-likeness (QED) is 0.444. The average Bonchev–Trinajstić information content (AvgIpc) is 2.67. The van der Waals surface area contributed by atoms with Gasteiger partial charge >= 0.3 is 11.7 Å². The maximum atomic E-state index is 11.9. The largest absolute Gasteiger partial charge is 0.477 e. The van der Waals surface area contributed by atoms with Gasteiger partial charge in [0.25, 0.3) is 5.56 Å². The number of aromatic amines is 2. The third kappa shape index (κ3) is 5.13. The van der Waals surface area contributed by atoms with E-state index >= 15 is 0 Å². The summed E-state index contributed by atoms with van der Waals surface area (Å²) in [7, 11) is 0. The molecule has 0 amide bonds. The fourth-order valence-electron chi connectivity index (χ4n) is 2.70. The third-order valence-electron chi connectivity index (χ3n) is 3.91. The molecule has 1 heterocycles. The maximum absolute atomic E-state index is 11.9. The number of aliphatic hydroxyl groups excluding tert-OH is 1. The van der Waals surface area contributed by atoms with E-state index in [1.807, 2.05) is 42.5 Å².